The van der Waals surface area contributed by atoms with Crippen molar-refractivity contribution in [1.29, 1.82) is 0 Å². The minimum absolute atomic E-state index is 0.0643. The Bertz CT molecular complexity index is 1420. The van der Waals surface area contributed by atoms with Crippen LogP contribution in [0, 0.1) is 19.7 Å². The quantitative estimate of drug-likeness (QED) is 0.284. The molecule has 0 spiro atoms. The Hall–Kier alpha value is -3.46. The average molecular weight is 456 g/mol. The van der Waals surface area contributed by atoms with E-state index in [9.17, 15) is 17.6 Å². The van der Waals surface area contributed by atoms with Crippen LogP contribution in [0.1, 0.15) is 17.1 Å². The van der Waals surface area contributed by atoms with Crippen LogP contribution in [0.25, 0.3) is 33.2 Å². The van der Waals surface area contributed by atoms with E-state index in [1.807, 2.05) is 42.0 Å². The van der Waals surface area contributed by atoms with Crippen molar-refractivity contribution < 1.29 is 17.6 Å². The van der Waals surface area contributed by atoms with Gasteiger partial charge in [0.05, 0.1) is 16.3 Å². The molecule has 0 unspecified atom stereocenters. The van der Waals surface area contributed by atoms with Gasteiger partial charge in [0.25, 0.3) is 0 Å². The van der Waals surface area contributed by atoms with Crippen LogP contribution < -0.4 is 0 Å². The van der Waals surface area contributed by atoms with E-state index in [-0.39, 0.29) is 11.3 Å². The zero-order chi connectivity index (χ0) is 22.6. The van der Waals surface area contributed by atoms with E-state index in [0.29, 0.717) is 11.3 Å². The first kappa shape index (κ1) is 20.4. The van der Waals surface area contributed by atoms with Gasteiger partial charge in [0.15, 0.2) is 11.3 Å². The summed E-state index contributed by atoms with van der Waals surface area (Å²) in [6.45, 7) is 3.94. The van der Waals surface area contributed by atoms with Gasteiger partial charge in [0.2, 0.25) is 0 Å². The Morgan fingerprint density at radius 3 is 2.22 bits per heavy atom. The molecule has 32 heavy (non-hydrogen) atoms. The van der Waals surface area contributed by atoms with Crippen molar-refractivity contribution in [3.63, 3.8) is 0 Å². The second kappa shape index (κ2) is 7.30. The molecule has 0 N–H and O–H groups in total. The van der Waals surface area contributed by atoms with Crippen LogP contribution in [0.2, 0.25) is 0 Å². The van der Waals surface area contributed by atoms with Crippen molar-refractivity contribution in [3.8, 4) is 27.5 Å². The molecule has 4 heterocycles. The van der Waals surface area contributed by atoms with Crippen molar-refractivity contribution in [3.05, 3.63) is 82.9 Å². The van der Waals surface area contributed by atoms with E-state index in [0.717, 1.165) is 32.5 Å². The highest BCUT2D eigenvalue weighted by molar-refractivity contribution is 7.14. The minimum atomic E-state index is -4.65. The third kappa shape index (κ3) is 3.38. The summed E-state index contributed by atoms with van der Waals surface area (Å²) < 4.78 is 57.8. The summed E-state index contributed by atoms with van der Waals surface area (Å²) in [5, 5.41) is 6.16. The van der Waals surface area contributed by atoms with E-state index in [1.54, 1.807) is 6.07 Å². The van der Waals surface area contributed by atoms with E-state index >= 15 is 0 Å². The maximum Gasteiger partial charge on any atom is 0.433 e. The first-order chi connectivity index (χ1) is 15.2. The highest BCUT2D eigenvalue weighted by Gasteiger charge is 2.35. The topological polar surface area (TPSA) is 35.1 Å². The van der Waals surface area contributed by atoms with Gasteiger partial charge in [0.1, 0.15) is 11.5 Å². The molecule has 4 aromatic heterocycles. The summed E-state index contributed by atoms with van der Waals surface area (Å²) >= 11 is 1.40. The van der Waals surface area contributed by atoms with Gasteiger partial charge in [-0.3, -0.25) is 0 Å². The van der Waals surface area contributed by atoms with Crippen molar-refractivity contribution in [2.75, 3.05) is 0 Å². The van der Waals surface area contributed by atoms with Crippen LogP contribution in [0.5, 0.6) is 0 Å². The predicted octanol–water partition coefficient (Wildman–Crippen LogP) is 6.69. The van der Waals surface area contributed by atoms with Crippen molar-refractivity contribution in [1.82, 2.24) is 19.2 Å². The van der Waals surface area contributed by atoms with Crippen LogP contribution in [0.15, 0.2) is 60.0 Å². The van der Waals surface area contributed by atoms with Gasteiger partial charge in [-0.25, -0.2) is 13.9 Å². The number of aromatic nitrogens is 4. The smallest absolute Gasteiger partial charge is 0.317 e. The fourth-order valence-corrected chi connectivity index (χ4v) is 4.61. The van der Waals surface area contributed by atoms with Crippen LogP contribution in [0.4, 0.5) is 17.6 Å². The number of aryl methyl sites for hydroxylation is 2. The molecule has 0 aliphatic heterocycles. The van der Waals surface area contributed by atoms with Gasteiger partial charge >= 0.3 is 6.18 Å². The molecule has 1 aromatic carbocycles. The summed E-state index contributed by atoms with van der Waals surface area (Å²) in [6, 6.07) is 13.6. The van der Waals surface area contributed by atoms with Gasteiger partial charge in [0, 0.05) is 23.0 Å². The van der Waals surface area contributed by atoms with Gasteiger partial charge in [-0.2, -0.15) is 18.3 Å². The van der Waals surface area contributed by atoms with E-state index in [2.05, 4.69) is 10.1 Å². The molecule has 0 aliphatic rings. The Labute approximate surface area is 184 Å². The zero-order valence-electron chi connectivity index (χ0n) is 17.0. The first-order valence-electron chi connectivity index (χ1n) is 9.69. The molecule has 0 saturated heterocycles. The number of thiophene rings is 1. The van der Waals surface area contributed by atoms with E-state index in [1.165, 1.54) is 35.6 Å². The summed E-state index contributed by atoms with van der Waals surface area (Å²) in [5.74, 6) is -0.474. The van der Waals surface area contributed by atoms with Crippen LogP contribution >= 0.6 is 11.3 Å². The number of rotatable bonds is 3. The average Bonchev–Trinajstić information content (AvgIpc) is 3.45. The number of hydrogen-bond acceptors (Lipinski definition) is 3. The van der Waals surface area contributed by atoms with Crippen LogP contribution in [-0.2, 0) is 6.18 Å². The maximum atomic E-state index is 13.9. The Morgan fingerprint density at radius 1 is 0.875 bits per heavy atom. The Balaban J connectivity index is 1.71. The summed E-state index contributed by atoms with van der Waals surface area (Å²) in [5.41, 5.74) is 2.88. The highest BCUT2D eigenvalue weighted by atomic mass is 32.1. The number of alkyl halides is 3. The summed E-state index contributed by atoms with van der Waals surface area (Å²) in [7, 11) is 0. The Morgan fingerprint density at radius 2 is 1.56 bits per heavy atom. The lowest BCUT2D eigenvalue weighted by molar-refractivity contribution is -0.142. The van der Waals surface area contributed by atoms with Gasteiger partial charge in [-0.15, -0.1) is 11.3 Å². The van der Waals surface area contributed by atoms with Gasteiger partial charge in [-0.05, 0) is 67.8 Å². The third-order valence-electron chi connectivity index (χ3n) is 5.25. The molecule has 0 atom stereocenters. The molecule has 0 saturated carbocycles. The van der Waals surface area contributed by atoms with Crippen molar-refractivity contribution in [2.45, 2.75) is 20.0 Å². The monoisotopic (exact) mass is 456 g/mol. The standard InChI is InChI=1S/C23H16F4N4S/c1-13-3-4-14(2)30(13)19-9-10-32-22(19)18-12-21-28-17(15-5-7-16(24)8-6-15)11-20(23(25,26)27)31(21)29-18/h3-12H,1-2H3. The molecule has 162 valence electrons. The maximum absolute atomic E-state index is 13.9. The second-order valence-electron chi connectivity index (χ2n) is 7.42. The molecule has 5 rings (SSSR count). The largest absolute Gasteiger partial charge is 0.433 e. The lowest BCUT2D eigenvalue weighted by Crippen LogP contribution is -2.13. The fourth-order valence-electron chi connectivity index (χ4n) is 3.77. The zero-order valence-corrected chi connectivity index (χ0v) is 17.8. The molecular weight excluding hydrogens is 440 g/mol. The predicted molar refractivity (Wildman–Crippen MR) is 115 cm³/mol. The molecule has 4 nitrogen and oxygen atoms in total. The minimum Gasteiger partial charge on any atom is -0.317 e. The van der Waals surface area contributed by atoms with Crippen molar-refractivity contribution in [2.24, 2.45) is 0 Å². The third-order valence-corrected chi connectivity index (χ3v) is 6.17. The van der Waals surface area contributed by atoms with E-state index < -0.39 is 17.7 Å². The number of fused-ring (bicyclic) bond motifs is 1. The van der Waals surface area contributed by atoms with Gasteiger partial charge in [-0.1, -0.05) is 0 Å². The highest BCUT2D eigenvalue weighted by Crippen LogP contribution is 2.37. The number of hydrogen-bond donors (Lipinski definition) is 0. The molecular formula is C23H16F4N4S. The fraction of sp³-hybridized carbons (Fsp3) is 0.130. The van der Waals surface area contributed by atoms with E-state index in [4.69, 9.17) is 0 Å². The number of benzene rings is 1. The number of nitrogens with zero attached hydrogens (tertiary/aromatic N) is 4. The van der Waals surface area contributed by atoms with Crippen LogP contribution in [-0.4, -0.2) is 19.2 Å². The molecule has 0 radical (unpaired) electrons. The normalized spacial score (nSPS) is 12.1. The Kier molecular flexibility index (Phi) is 4.67. The molecule has 0 bridgehead atoms. The summed E-state index contributed by atoms with van der Waals surface area (Å²) in [6.07, 6.45) is -4.65. The molecule has 9 heteroatoms. The van der Waals surface area contributed by atoms with Gasteiger partial charge < -0.3 is 4.57 Å². The second-order valence-corrected chi connectivity index (χ2v) is 8.33. The lowest BCUT2D eigenvalue weighted by atomic mass is 10.1. The number of halogens is 4. The molecule has 0 amide bonds. The SMILES string of the molecule is Cc1ccc(C)n1-c1ccsc1-c1cc2nc(-c3ccc(F)cc3)cc(C(F)(F)F)n2n1. The first-order valence-corrected chi connectivity index (χ1v) is 10.6. The molecule has 0 fully saturated rings. The molecule has 0 aliphatic carbocycles. The van der Waals surface area contributed by atoms with Crippen molar-refractivity contribution >= 4 is 17.0 Å². The lowest BCUT2D eigenvalue weighted by Gasteiger charge is -2.11. The molecule has 5 aromatic rings. The van der Waals surface area contributed by atoms with Crippen LogP contribution in [0.3, 0.4) is 0 Å². The summed E-state index contributed by atoms with van der Waals surface area (Å²) in [4.78, 5) is 5.13.